The number of fused-ring (bicyclic) bond motifs is 7. The minimum atomic E-state index is -1.86. The number of esters is 3. The molecule has 1 heterocycles. The number of allylic oxidation sites excluding steroid dienone is 2. The van der Waals surface area contributed by atoms with E-state index in [9.17, 15) is 29.1 Å². The van der Waals surface area contributed by atoms with Crippen molar-refractivity contribution in [2.45, 2.75) is 164 Å². The van der Waals surface area contributed by atoms with Crippen molar-refractivity contribution in [2.24, 2.45) is 50.2 Å². The summed E-state index contributed by atoms with van der Waals surface area (Å²) in [6, 6.07) is 0. The Labute approximate surface area is 313 Å². The molecule has 1 N–H and O–H groups in total. The van der Waals surface area contributed by atoms with Crippen LogP contribution in [0.1, 0.15) is 133 Å². The van der Waals surface area contributed by atoms with Crippen molar-refractivity contribution in [2.75, 3.05) is 0 Å². The highest BCUT2D eigenvalue weighted by Crippen LogP contribution is 2.75. The zero-order chi connectivity index (χ0) is 39.3. The summed E-state index contributed by atoms with van der Waals surface area (Å²) in [5.74, 6) is -3.49. The number of carboxylic acids is 1. The Morgan fingerprint density at radius 2 is 1.30 bits per heavy atom. The summed E-state index contributed by atoms with van der Waals surface area (Å²) in [5, 5.41) is 10.3. The third kappa shape index (κ3) is 6.00. The standard InChI is InChI=1S/C42H60O11/c1-22(43)50-30-31(51-23(2)44)33(53-34(36(48)49)32(30)52-24(3)45)35(47)42-19-17-37(4,5)21-26(42)25-11-12-28-39(8)15-14-29(46)38(6,7)27(39)13-16-41(28,10)40(25,9)18-20-42/h11,26-28,30-34H,12-21H2,1-10H3,(H,48,49)/t26?,27?,28?,30-,31?,32+,33-,34?,39+,40-,41-,42+/m1/s1. The highest BCUT2D eigenvalue weighted by molar-refractivity contribution is 5.92. The molecule has 0 spiro atoms. The molecule has 1 saturated heterocycles. The first-order valence-electron chi connectivity index (χ1n) is 19.6. The molecular formula is C42H60O11. The number of carbonyl (C=O) groups excluding carboxylic acids is 5. The van der Waals surface area contributed by atoms with Crippen LogP contribution < -0.4 is 0 Å². The molecule has 4 saturated carbocycles. The van der Waals surface area contributed by atoms with Gasteiger partial charge in [-0.1, -0.05) is 60.1 Å². The molecule has 0 aromatic carbocycles. The summed E-state index contributed by atoms with van der Waals surface area (Å²) >= 11 is 0. The smallest absolute Gasteiger partial charge is 0.336 e. The van der Waals surface area contributed by atoms with Crippen LogP contribution in [0.5, 0.6) is 0 Å². The Bertz CT molecular complexity index is 1630. The highest BCUT2D eigenvalue weighted by atomic mass is 16.7. The van der Waals surface area contributed by atoms with Crippen molar-refractivity contribution in [3.8, 4) is 0 Å². The Balaban J connectivity index is 1.44. The second-order valence-corrected chi connectivity index (χ2v) is 19.4. The third-order valence-electron chi connectivity index (χ3n) is 15.8. The number of ether oxygens (including phenoxy) is 4. The molecule has 0 aromatic rings. The van der Waals surface area contributed by atoms with E-state index >= 15 is 4.79 Å². The van der Waals surface area contributed by atoms with Crippen LogP contribution in [0.4, 0.5) is 0 Å². The molecule has 0 aromatic heterocycles. The molecule has 294 valence electrons. The van der Waals surface area contributed by atoms with Gasteiger partial charge < -0.3 is 24.1 Å². The van der Waals surface area contributed by atoms with Crippen LogP contribution in [0.15, 0.2) is 11.6 Å². The second-order valence-electron chi connectivity index (χ2n) is 19.4. The zero-order valence-corrected chi connectivity index (χ0v) is 33.3. The van der Waals surface area contributed by atoms with E-state index < -0.39 is 59.8 Å². The molecule has 6 aliphatic rings. The minimum absolute atomic E-state index is 0.00508. The monoisotopic (exact) mass is 740 g/mol. The van der Waals surface area contributed by atoms with E-state index in [-0.39, 0.29) is 38.8 Å². The summed E-state index contributed by atoms with van der Waals surface area (Å²) < 4.78 is 22.7. The van der Waals surface area contributed by atoms with E-state index in [0.29, 0.717) is 36.9 Å². The normalized spacial score (nSPS) is 44.0. The van der Waals surface area contributed by atoms with Crippen molar-refractivity contribution >= 4 is 35.4 Å². The second kappa shape index (κ2) is 13.0. The molecule has 11 nitrogen and oxygen atoms in total. The van der Waals surface area contributed by atoms with E-state index in [1.807, 2.05) is 0 Å². The van der Waals surface area contributed by atoms with E-state index in [1.54, 1.807) is 0 Å². The van der Waals surface area contributed by atoms with Crippen LogP contribution in [0, 0.1) is 50.2 Å². The van der Waals surface area contributed by atoms with Crippen molar-refractivity contribution in [1.82, 2.24) is 0 Å². The fourth-order valence-corrected chi connectivity index (χ4v) is 13.0. The number of hydrogen-bond acceptors (Lipinski definition) is 10. The fourth-order valence-electron chi connectivity index (χ4n) is 13.0. The number of ketones is 2. The third-order valence-corrected chi connectivity index (χ3v) is 15.8. The first kappa shape index (κ1) is 39.6. The van der Waals surface area contributed by atoms with Crippen molar-refractivity contribution in [1.29, 1.82) is 0 Å². The van der Waals surface area contributed by atoms with Gasteiger partial charge in [0.05, 0.1) is 0 Å². The number of carboxylic acid groups (broad SMARTS) is 1. The van der Waals surface area contributed by atoms with Crippen LogP contribution in [-0.4, -0.2) is 71.1 Å². The van der Waals surface area contributed by atoms with E-state index in [1.165, 1.54) is 5.57 Å². The van der Waals surface area contributed by atoms with Crippen molar-refractivity contribution in [3.63, 3.8) is 0 Å². The average molecular weight is 741 g/mol. The quantitative estimate of drug-likeness (QED) is 0.178. The number of carbonyl (C=O) groups is 6. The molecule has 0 amide bonds. The topological polar surface area (TPSA) is 160 Å². The van der Waals surface area contributed by atoms with E-state index in [4.69, 9.17) is 18.9 Å². The number of rotatable bonds is 6. The maximum Gasteiger partial charge on any atom is 0.336 e. The van der Waals surface area contributed by atoms with E-state index in [2.05, 4.69) is 54.5 Å². The largest absolute Gasteiger partial charge is 0.479 e. The summed E-state index contributed by atoms with van der Waals surface area (Å²) in [6.45, 7) is 19.4. The molecule has 1 aliphatic heterocycles. The van der Waals surface area contributed by atoms with Crippen LogP contribution in [0.25, 0.3) is 0 Å². The minimum Gasteiger partial charge on any atom is -0.479 e. The van der Waals surface area contributed by atoms with Gasteiger partial charge in [-0.15, -0.1) is 0 Å². The Kier molecular flexibility index (Phi) is 9.72. The maximum atomic E-state index is 15.5. The zero-order valence-electron chi connectivity index (χ0n) is 33.3. The van der Waals surface area contributed by atoms with Gasteiger partial charge in [-0.3, -0.25) is 24.0 Å². The molecule has 0 bridgehead atoms. The van der Waals surface area contributed by atoms with Crippen molar-refractivity contribution in [3.05, 3.63) is 11.6 Å². The first-order valence-corrected chi connectivity index (χ1v) is 19.6. The average Bonchev–Trinajstić information content (AvgIpc) is 3.03. The molecular weight excluding hydrogens is 680 g/mol. The molecule has 12 atom stereocenters. The van der Waals surface area contributed by atoms with Gasteiger partial charge in [0.15, 0.2) is 36.3 Å². The molecule has 53 heavy (non-hydrogen) atoms. The molecule has 0 radical (unpaired) electrons. The van der Waals surface area contributed by atoms with Gasteiger partial charge in [-0.2, -0.15) is 0 Å². The summed E-state index contributed by atoms with van der Waals surface area (Å²) in [5.41, 5.74) is -0.462. The molecule has 5 unspecified atom stereocenters. The summed E-state index contributed by atoms with van der Waals surface area (Å²) in [6.07, 6.45) is 1.75. The van der Waals surface area contributed by atoms with Crippen LogP contribution >= 0.6 is 0 Å². The molecule has 11 heteroatoms. The SMILES string of the molecule is CC(=O)OC1[C@@H](OC(C)=O)[C@H](OC(C)=O)C(C(=O)O)O[C@H]1C(=O)[C@]12CCC(C)(C)CC1C1=CCC3[C@@]4(C)CCC(=O)C(C)(C)C4CC[C@@]3(C)[C@]1(C)CC2. The lowest BCUT2D eigenvalue weighted by molar-refractivity contribution is -0.248. The van der Waals surface area contributed by atoms with Gasteiger partial charge in [0.25, 0.3) is 0 Å². The van der Waals surface area contributed by atoms with Crippen LogP contribution in [0.3, 0.4) is 0 Å². The Hall–Kier alpha value is -3.08. The lowest BCUT2D eigenvalue weighted by Gasteiger charge is -2.70. The number of Topliss-reactive ketones (excluding diaryl/α,β-unsaturated/α-hetero) is 2. The van der Waals surface area contributed by atoms with Crippen LogP contribution in [0.2, 0.25) is 0 Å². The number of aliphatic carboxylic acids is 1. The predicted octanol–water partition coefficient (Wildman–Crippen LogP) is 6.57. The Morgan fingerprint density at radius 3 is 1.89 bits per heavy atom. The van der Waals surface area contributed by atoms with Gasteiger partial charge in [-0.25, -0.2) is 4.79 Å². The van der Waals surface area contributed by atoms with Gasteiger partial charge in [-0.05, 0) is 97.2 Å². The van der Waals surface area contributed by atoms with Gasteiger partial charge in [0.1, 0.15) is 5.78 Å². The maximum absolute atomic E-state index is 15.5. The van der Waals surface area contributed by atoms with Crippen molar-refractivity contribution < 1.29 is 52.8 Å². The molecule has 5 fully saturated rings. The number of hydrogen-bond donors (Lipinski definition) is 1. The Morgan fingerprint density at radius 1 is 0.736 bits per heavy atom. The highest BCUT2D eigenvalue weighted by Gasteiger charge is 2.70. The molecule has 5 aliphatic carbocycles. The van der Waals surface area contributed by atoms with Gasteiger partial charge >= 0.3 is 23.9 Å². The van der Waals surface area contributed by atoms with Gasteiger partial charge in [0, 0.05) is 38.0 Å². The van der Waals surface area contributed by atoms with Crippen LogP contribution in [-0.2, 0) is 47.7 Å². The predicted molar refractivity (Wildman–Crippen MR) is 192 cm³/mol. The lowest BCUT2D eigenvalue weighted by Crippen LogP contribution is -2.68. The summed E-state index contributed by atoms with van der Waals surface area (Å²) in [4.78, 5) is 78.6. The lowest BCUT2D eigenvalue weighted by atomic mass is 9.33. The molecule has 6 rings (SSSR count). The fraction of sp³-hybridized carbons (Fsp3) is 0.810. The van der Waals surface area contributed by atoms with Gasteiger partial charge in [0.2, 0.25) is 0 Å². The first-order chi connectivity index (χ1) is 24.4. The summed E-state index contributed by atoms with van der Waals surface area (Å²) in [7, 11) is 0. The van der Waals surface area contributed by atoms with E-state index in [0.717, 1.165) is 65.7 Å².